The van der Waals surface area contributed by atoms with Gasteiger partial charge in [-0.3, -0.25) is 4.55 Å². The first kappa shape index (κ1) is 10.2. The van der Waals surface area contributed by atoms with Crippen molar-refractivity contribution in [2.45, 2.75) is 4.90 Å². The number of rotatable bonds is 2. The molecule has 1 rings (SSSR count). The van der Waals surface area contributed by atoms with Gasteiger partial charge in [-0.1, -0.05) is 30.3 Å². The van der Waals surface area contributed by atoms with Crippen LogP contribution in [0.4, 0.5) is 0 Å². The van der Waals surface area contributed by atoms with E-state index in [1.165, 1.54) is 24.3 Å². The summed E-state index contributed by atoms with van der Waals surface area (Å²) in [6.07, 6.45) is 1.53. The van der Waals surface area contributed by atoms with Gasteiger partial charge in [-0.25, -0.2) is 0 Å². The zero-order valence-electron chi connectivity index (χ0n) is 6.57. The van der Waals surface area contributed by atoms with E-state index in [0.717, 1.165) is 0 Å². The highest BCUT2D eigenvalue weighted by Crippen LogP contribution is 2.22. The maximum atomic E-state index is 10.7. The van der Waals surface area contributed by atoms with Crippen LogP contribution in [0.1, 0.15) is 5.56 Å². The Morgan fingerprint density at radius 1 is 1.46 bits per heavy atom. The molecule has 0 fully saturated rings. The number of halogens is 1. The molecule has 5 heteroatoms. The first-order chi connectivity index (χ1) is 5.95. The van der Waals surface area contributed by atoms with E-state index >= 15 is 0 Å². The van der Waals surface area contributed by atoms with Crippen molar-refractivity contribution in [3.63, 3.8) is 0 Å². The van der Waals surface area contributed by atoms with Crippen molar-refractivity contribution in [1.29, 1.82) is 0 Å². The molecule has 0 saturated heterocycles. The summed E-state index contributed by atoms with van der Waals surface area (Å²) in [6.45, 7) is 3.49. The van der Waals surface area contributed by atoms with Crippen molar-refractivity contribution in [1.82, 2.24) is 0 Å². The minimum absolute atomic E-state index is 0.0140. The first-order valence-electron chi connectivity index (χ1n) is 3.34. The molecule has 0 amide bonds. The molecule has 0 bridgehead atoms. The predicted octanol–water partition coefficient (Wildman–Crippen LogP) is 2.23. The van der Waals surface area contributed by atoms with Crippen molar-refractivity contribution < 1.29 is 13.0 Å². The summed E-state index contributed by atoms with van der Waals surface area (Å²) in [7, 11) is -4.22. The lowest BCUT2D eigenvalue weighted by Crippen LogP contribution is -1.98. The van der Waals surface area contributed by atoms with Crippen LogP contribution in [-0.4, -0.2) is 13.0 Å². The van der Waals surface area contributed by atoms with Crippen molar-refractivity contribution in [3.05, 3.63) is 35.4 Å². The minimum atomic E-state index is -4.22. The van der Waals surface area contributed by atoms with E-state index in [1.807, 2.05) is 0 Å². The molecule has 13 heavy (non-hydrogen) atoms. The summed E-state index contributed by atoms with van der Waals surface area (Å²) in [6, 6.07) is 4.15. The average molecular weight is 219 g/mol. The Hall–Kier alpha value is -0.840. The normalized spacial score (nSPS) is 11.2. The molecule has 70 valence electrons. The van der Waals surface area contributed by atoms with Gasteiger partial charge in [0.1, 0.15) is 4.90 Å². The van der Waals surface area contributed by atoms with Crippen LogP contribution in [0.25, 0.3) is 6.08 Å². The lowest BCUT2D eigenvalue weighted by Gasteiger charge is -2.00. The molecule has 0 aliphatic heterocycles. The quantitative estimate of drug-likeness (QED) is 0.775. The molecule has 0 aliphatic carbocycles. The van der Waals surface area contributed by atoms with Crippen molar-refractivity contribution >= 4 is 27.8 Å². The topological polar surface area (TPSA) is 54.4 Å². The van der Waals surface area contributed by atoms with E-state index in [9.17, 15) is 8.42 Å². The summed E-state index contributed by atoms with van der Waals surface area (Å²) in [4.78, 5) is -0.292. The lowest BCUT2D eigenvalue weighted by molar-refractivity contribution is 0.483. The van der Waals surface area contributed by atoms with Crippen LogP contribution in [0.3, 0.4) is 0 Å². The highest BCUT2D eigenvalue weighted by atomic mass is 35.5. The zero-order valence-corrected chi connectivity index (χ0v) is 8.14. The fraction of sp³-hybridized carbons (Fsp3) is 0. The van der Waals surface area contributed by atoms with Crippen LogP contribution in [0.2, 0.25) is 5.02 Å². The van der Waals surface area contributed by atoms with Crippen LogP contribution in [0.15, 0.2) is 29.7 Å². The van der Waals surface area contributed by atoms with E-state index in [0.29, 0.717) is 5.56 Å². The molecule has 0 saturated carbocycles. The molecule has 0 unspecified atom stereocenters. The average Bonchev–Trinajstić information content (AvgIpc) is 2.01. The third-order valence-electron chi connectivity index (χ3n) is 1.47. The minimum Gasteiger partial charge on any atom is -0.282 e. The summed E-state index contributed by atoms with van der Waals surface area (Å²) < 4.78 is 30.1. The van der Waals surface area contributed by atoms with E-state index in [2.05, 4.69) is 6.58 Å². The smallest absolute Gasteiger partial charge is 0.282 e. The van der Waals surface area contributed by atoms with E-state index < -0.39 is 10.1 Å². The standard InChI is InChI=1S/C8H7ClO3S/c1-2-6-3-4-8(7(9)5-6)13(10,11)12/h2-5H,1H2,(H,10,11,12). The zero-order chi connectivity index (χ0) is 10.1. The Morgan fingerprint density at radius 3 is 2.46 bits per heavy atom. The van der Waals surface area contributed by atoms with Crippen LogP contribution in [0.5, 0.6) is 0 Å². The van der Waals surface area contributed by atoms with E-state index in [4.69, 9.17) is 16.2 Å². The van der Waals surface area contributed by atoms with Crippen molar-refractivity contribution in [2.24, 2.45) is 0 Å². The van der Waals surface area contributed by atoms with E-state index in [1.54, 1.807) is 0 Å². The number of hydrogen-bond acceptors (Lipinski definition) is 2. The highest BCUT2D eigenvalue weighted by Gasteiger charge is 2.13. The predicted molar refractivity (Wildman–Crippen MR) is 51.4 cm³/mol. The third kappa shape index (κ3) is 2.30. The molecule has 0 heterocycles. The molecule has 0 radical (unpaired) electrons. The molecule has 1 N–H and O–H groups in total. The molecule has 1 aromatic carbocycles. The molecule has 3 nitrogen and oxygen atoms in total. The lowest BCUT2D eigenvalue weighted by atomic mass is 10.2. The summed E-state index contributed by atoms with van der Waals surface area (Å²) in [5, 5.41) is -0.0140. The van der Waals surface area contributed by atoms with Gasteiger partial charge in [0.2, 0.25) is 0 Å². The Labute approximate surface area is 81.4 Å². The number of hydrogen-bond donors (Lipinski definition) is 1. The van der Waals surface area contributed by atoms with Crippen molar-refractivity contribution in [2.75, 3.05) is 0 Å². The SMILES string of the molecule is C=Cc1ccc(S(=O)(=O)O)c(Cl)c1. The maximum Gasteiger partial charge on any atom is 0.296 e. The van der Waals surface area contributed by atoms with E-state index in [-0.39, 0.29) is 9.92 Å². The van der Waals surface area contributed by atoms with Gasteiger partial charge in [-0.15, -0.1) is 0 Å². The van der Waals surface area contributed by atoms with Gasteiger partial charge >= 0.3 is 0 Å². The first-order valence-corrected chi connectivity index (χ1v) is 5.16. The molecule has 0 aromatic heterocycles. The van der Waals surface area contributed by atoms with Crippen LogP contribution in [0, 0.1) is 0 Å². The van der Waals surface area contributed by atoms with Crippen LogP contribution < -0.4 is 0 Å². The Bertz CT molecular complexity index is 437. The van der Waals surface area contributed by atoms with Gasteiger partial charge in [-0.2, -0.15) is 8.42 Å². The molecular formula is C8H7ClO3S. The van der Waals surface area contributed by atoms with Gasteiger partial charge in [-0.05, 0) is 17.7 Å². The number of benzene rings is 1. The summed E-state index contributed by atoms with van der Waals surface area (Å²) >= 11 is 5.61. The van der Waals surface area contributed by atoms with Gasteiger partial charge in [0.05, 0.1) is 5.02 Å². The molecule has 0 spiro atoms. The molecular weight excluding hydrogens is 212 g/mol. The Balaban J connectivity index is 3.37. The van der Waals surface area contributed by atoms with Gasteiger partial charge < -0.3 is 0 Å². The maximum absolute atomic E-state index is 10.7. The Kier molecular flexibility index (Phi) is 2.75. The Morgan fingerprint density at radius 2 is 2.08 bits per heavy atom. The van der Waals surface area contributed by atoms with Crippen molar-refractivity contribution in [3.8, 4) is 0 Å². The van der Waals surface area contributed by atoms with Crippen LogP contribution >= 0.6 is 11.6 Å². The molecule has 0 atom stereocenters. The van der Waals surface area contributed by atoms with Gasteiger partial charge in [0.15, 0.2) is 0 Å². The highest BCUT2D eigenvalue weighted by molar-refractivity contribution is 7.86. The van der Waals surface area contributed by atoms with Crippen LogP contribution in [-0.2, 0) is 10.1 Å². The molecule has 1 aromatic rings. The summed E-state index contributed by atoms with van der Waals surface area (Å²) in [5.74, 6) is 0. The fourth-order valence-corrected chi connectivity index (χ4v) is 1.88. The van der Waals surface area contributed by atoms with Gasteiger partial charge in [0, 0.05) is 0 Å². The molecule has 0 aliphatic rings. The monoisotopic (exact) mass is 218 g/mol. The third-order valence-corrected chi connectivity index (χ3v) is 2.81. The fourth-order valence-electron chi connectivity index (χ4n) is 0.853. The second kappa shape index (κ2) is 3.49. The second-order valence-corrected chi connectivity index (χ2v) is 4.17. The largest absolute Gasteiger partial charge is 0.296 e. The second-order valence-electron chi connectivity index (χ2n) is 2.37. The summed E-state index contributed by atoms with van der Waals surface area (Å²) in [5.41, 5.74) is 0.692. The van der Waals surface area contributed by atoms with Gasteiger partial charge in [0.25, 0.3) is 10.1 Å².